The first-order valence-corrected chi connectivity index (χ1v) is 4.03. The Labute approximate surface area is 80.8 Å². The minimum absolute atomic E-state index is 0.320. The first-order chi connectivity index (χ1) is 6.61. The minimum atomic E-state index is -1.32. The van der Waals surface area contributed by atoms with Gasteiger partial charge in [0.15, 0.2) is 0 Å². The van der Waals surface area contributed by atoms with Crippen LogP contribution in [0.25, 0.3) is 0 Å². The third-order valence-corrected chi connectivity index (χ3v) is 1.62. The summed E-state index contributed by atoms with van der Waals surface area (Å²) in [5.74, 6) is -1.79. The zero-order valence-electron chi connectivity index (χ0n) is 7.56. The summed E-state index contributed by atoms with van der Waals surface area (Å²) in [6.45, 7) is 1.34. The highest BCUT2D eigenvalue weighted by molar-refractivity contribution is 5.95. The molecule has 1 N–H and O–H groups in total. The van der Waals surface area contributed by atoms with Gasteiger partial charge in [0.2, 0.25) is 0 Å². The summed E-state index contributed by atoms with van der Waals surface area (Å²) < 4.78 is 0. The molecule has 5 heteroatoms. The molecule has 1 rings (SSSR count). The molecule has 0 aliphatic heterocycles. The predicted octanol–water partition coefficient (Wildman–Crippen LogP) is -1.05. The number of aliphatic carboxylic acids is 1. The van der Waals surface area contributed by atoms with E-state index in [1.54, 1.807) is 12.1 Å². The summed E-state index contributed by atoms with van der Waals surface area (Å²) in [6, 6.07) is 2.13. The van der Waals surface area contributed by atoms with Crippen LogP contribution in [0.1, 0.15) is 17.3 Å². The van der Waals surface area contributed by atoms with E-state index in [1.807, 2.05) is 0 Å². The number of carbonyl (C=O) groups is 2. The Balaban J connectivity index is 2.64. The SMILES string of the molecule is C[C@H](NC(=O)c1cccnc1)C(=O)[O-]. The van der Waals surface area contributed by atoms with Crippen molar-refractivity contribution in [3.05, 3.63) is 30.1 Å². The number of carboxylic acid groups (broad SMARTS) is 1. The number of nitrogens with one attached hydrogen (secondary N) is 1. The van der Waals surface area contributed by atoms with Gasteiger partial charge in [-0.05, 0) is 19.1 Å². The van der Waals surface area contributed by atoms with Crippen molar-refractivity contribution >= 4 is 11.9 Å². The Bertz CT molecular complexity index is 337. The van der Waals surface area contributed by atoms with Gasteiger partial charge in [0.25, 0.3) is 5.91 Å². The summed E-state index contributed by atoms with van der Waals surface area (Å²) in [4.78, 5) is 25.4. The van der Waals surface area contributed by atoms with Crippen LogP contribution >= 0.6 is 0 Å². The summed E-state index contributed by atoms with van der Waals surface area (Å²) in [5.41, 5.74) is 0.320. The standard InChI is InChI=1S/C9H10N2O3/c1-6(9(13)14)11-8(12)7-3-2-4-10-5-7/h2-6H,1H3,(H,11,12)(H,13,14)/p-1/t6-/m0/s1. The van der Waals surface area contributed by atoms with Gasteiger partial charge in [-0.2, -0.15) is 0 Å². The topological polar surface area (TPSA) is 82.1 Å². The number of hydrogen-bond acceptors (Lipinski definition) is 4. The molecule has 0 saturated carbocycles. The maximum absolute atomic E-state index is 11.3. The fraction of sp³-hybridized carbons (Fsp3) is 0.222. The predicted molar refractivity (Wildman–Crippen MR) is 46.2 cm³/mol. The first kappa shape index (κ1) is 10.2. The van der Waals surface area contributed by atoms with Gasteiger partial charge in [-0.15, -0.1) is 0 Å². The molecule has 0 saturated heterocycles. The number of hydrogen-bond donors (Lipinski definition) is 1. The molecule has 1 aromatic rings. The van der Waals surface area contributed by atoms with E-state index in [1.165, 1.54) is 19.3 Å². The lowest BCUT2D eigenvalue weighted by Crippen LogP contribution is -2.45. The van der Waals surface area contributed by atoms with Crippen LogP contribution in [0.2, 0.25) is 0 Å². The van der Waals surface area contributed by atoms with Gasteiger partial charge < -0.3 is 15.2 Å². The van der Waals surface area contributed by atoms with Gasteiger partial charge in [-0.1, -0.05) is 0 Å². The highest BCUT2D eigenvalue weighted by Gasteiger charge is 2.09. The highest BCUT2D eigenvalue weighted by atomic mass is 16.4. The molecule has 0 spiro atoms. The van der Waals surface area contributed by atoms with Crippen LogP contribution in [0.3, 0.4) is 0 Å². The zero-order valence-corrected chi connectivity index (χ0v) is 7.56. The Morgan fingerprint density at radius 1 is 1.57 bits per heavy atom. The first-order valence-electron chi connectivity index (χ1n) is 4.03. The minimum Gasteiger partial charge on any atom is -0.548 e. The quantitative estimate of drug-likeness (QED) is 0.664. The lowest BCUT2D eigenvalue weighted by molar-refractivity contribution is -0.307. The molecule has 0 aromatic carbocycles. The molecule has 5 nitrogen and oxygen atoms in total. The van der Waals surface area contributed by atoms with Crippen LogP contribution in [-0.4, -0.2) is 22.9 Å². The summed E-state index contributed by atoms with van der Waals surface area (Å²) in [6.07, 6.45) is 2.89. The second-order valence-corrected chi connectivity index (χ2v) is 2.76. The highest BCUT2D eigenvalue weighted by Crippen LogP contribution is 1.95. The van der Waals surface area contributed by atoms with Crippen molar-refractivity contribution in [3.8, 4) is 0 Å². The van der Waals surface area contributed by atoms with Crippen LogP contribution in [-0.2, 0) is 4.79 Å². The van der Waals surface area contributed by atoms with Crippen molar-refractivity contribution in [2.45, 2.75) is 13.0 Å². The van der Waals surface area contributed by atoms with Gasteiger partial charge in [0, 0.05) is 12.4 Å². The Hall–Kier alpha value is -1.91. The van der Waals surface area contributed by atoms with E-state index in [4.69, 9.17) is 0 Å². The van der Waals surface area contributed by atoms with Crippen molar-refractivity contribution in [3.63, 3.8) is 0 Å². The zero-order chi connectivity index (χ0) is 10.6. The Morgan fingerprint density at radius 2 is 2.29 bits per heavy atom. The molecule has 0 radical (unpaired) electrons. The third kappa shape index (κ3) is 2.55. The number of rotatable bonds is 3. The normalized spacial score (nSPS) is 11.8. The number of carbonyl (C=O) groups excluding carboxylic acids is 2. The van der Waals surface area contributed by atoms with Crippen molar-refractivity contribution in [1.82, 2.24) is 10.3 Å². The summed E-state index contributed by atoms with van der Waals surface area (Å²) >= 11 is 0. The van der Waals surface area contributed by atoms with Crippen molar-refractivity contribution in [2.24, 2.45) is 0 Å². The monoisotopic (exact) mass is 193 g/mol. The van der Waals surface area contributed by atoms with E-state index in [0.29, 0.717) is 5.56 Å². The smallest absolute Gasteiger partial charge is 0.253 e. The number of nitrogens with zero attached hydrogens (tertiary/aromatic N) is 1. The number of carboxylic acids is 1. The fourth-order valence-electron chi connectivity index (χ4n) is 0.836. The van der Waals surface area contributed by atoms with Gasteiger partial charge >= 0.3 is 0 Å². The molecular weight excluding hydrogens is 184 g/mol. The molecule has 0 fully saturated rings. The average Bonchev–Trinajstić information content (AvgIpc) is 2.19. The van der Waals surface area contributed by atoms with E-state index < -0.39 is 17.9 Å². The molecule has 14 heavy (non-hydrogen) atoms. The second kappa shape index (κ2) is 4.36. The lowest BCUT2D eigenvalue weighted by atomic mass is 10.2. The molecule has 1 heterocycles. The van der Waals surface area contributed by atoms with Crippen molar-refractivity contribution < 1.29 is 14.7 Å². The average molecular weight is 193 g/mol. The van der Waals surface area contributed by atoms with E-state index in [-0.39, 0.29) is 0 Å². The molecule has 0 unspecified atom stereocenters. The van der Waals surface area contributed by atoms with Crippen LogP contribution in [0.4, 0.5) is 0 Å². The number of aromatic nitrogens is 1. The van der Waals surface area contributed by atoms with E-state index in [2.05, 4.69) is 10.3 Å². The maximum Gasteiger partial charge on any atom is 0.253 e. The Kier molecular flexibility index (Phi) is 3.17. The van der Waals surface area contributed by atoms with Gasteiger partial charge in [-0.25, -0.2) is 0 Å². The van der Waals surface area contributed by atoms with Crippen LogP contribution in [0, 0.1) is 0 Å². The van der Waals surface area contributed by atoms with Crippen molar-refractivity contribution in [2.75, 3.05) is 0 Å². The van der Waals surface area contributed by atoms with Crippen LogP contribution < -0.4 is 10.4 Å². The lowest BCUT2D eigenvalue weighted by Gasteiger charge is -2.14. The molecule has 74 valence electrons. The summed E-state index contributed by atoms with van der Waals surface area (Å²) in [5, 5.41) is 12.6. The molecule has 1 amide bonds. The van der Waals surface area contributed by atoms with E-state index in [9.17, 15) is 14.7 Å². The van der Waals surface area contributed by atoms with Crippen LogP contribution in [0.15, 0.2) is 24.5 Å². The van der Waals surface area contributed by atoms with Crippen molar-refractivity contribution in [1.29, 1.82) is 0 Å². The summed E-state index contributed by atoms with van der Waals surface area (Å²) in [7, 11) is 0. The van der Waals surface area contributed by atoms with E-state index >= 15 is 0 Å². The van der Waals surface area contributed by atoms with Gasteiger partial charge in [-0.3, -0.25) is 9.78 Å². The van der Waals surface area contributed by atoms with Gasteiger partial charge in [0.05, 0.1) is 17.6 Å². The molecule has 0 aliphatic rings. The fourth-order valence-corrected chi connectivity index (χ4v) is 0.836. The maximum atomic E-state index is 11.3. The van der Waals surface area contributed by atoms with E-state index in [0.717, 1.165) is 0 Å². The third-order valence-electron chi connectivity index (χ3n) is 1.62. The van der Waals surface area contributed by atoms with Gasteiger partial charge in [0.1, 0.15) is 0 Å². The molecule has 0 bridgehead atoms. The number of amides is 1. The largest absolute Gasteiger partial charge is 0.548 e. The second-order valence-electron chi connectivity index (χ2n) is 2.76. The molecular formula is C9H9N2O3-. The molecule has 0 aliphatic carbocycles. The number of pyridine rings is 1. The van der Waals surface area contributed by atoms with Crippen LogP contribution in [0.5, 0.6) is 0 Å². The Morgan fingerprint density at radius 3 is 2.79 bits per heavy atom. The molecule has 1 aromatic heterocycles. The molecule has 1 atom stereocenters.